The van der Waals surface area contributed by atoms with Gasteiger partial charge in [-0.2, -0.15) is 0 Å². The van der Waals surface area contributed by atoms with Crippen molar-refractivity contribution >= 4 is 27.5 Å². The maximum Gasteiger partial charge on any atom is 0.217 e. The Labute approximate surface area is 197 Å². The molecule has 0 aliphatic heterocycles. The molecular weight excluding hydrogens is 408 g/mol. The van der Waals surface area contributed by atoms with Gasteiger partial charge in [0.05, 0.1) is 6.04 Å². The monoisotopic (exact) mass is 444 g/mol. The van der Waals surface area contributed by atoms with Gasteiger partial charge in [0, 0.05) is 26.1 Å². The van der Waals surface area contributed by atoms with Gasteiger partial charge in [0.25, 0.3) is 0 Å². The summed E-state index contributed by atoms with van der Waals surface area (Å²) in [4.78, 5) is 11.0. The van der Waals surface area contributed by atoms with Crippen molar-refractivity contribution in [3.05, 3.63) is 96.1 Å². The summed E-state index contributed by atoms with van der Waals surface area (Å²) in [5.74, 6) is 0.000610. The van der Waals surface area contributed by atoms with E-state index in [0.717, 1.165) is 5.56 Å². The third-order valence-corrected chi connectivity index (χ3v) is 5.16. The van der Waals surface area contributed by atoms with Crippen LogP contribution in [0, 0.1) is 0 Å². The third kappa shape index (κ3) is 8.31. The van der Waals surface area contributed by atoms with Crippen molar-refractivity contribution < 1.29 is 4.79 Å². The van der Waals surface area contributed by atoms with Crippen molar-refractivity contribution in [2.75, 3.05) is 13.1 Å². The fraction of sp³-hybridized carbons (Fsp3) is 0.250. The van der Waals surface area contributed by atoms with Crippen molar-refractivity contribution in [2.24, 2.45) is 17.2 Å². The quantitative estimate of drug-likeness (QED) is 0.363. The highest BCUT2D eigenvalue weighted by Crippen LogP contribution is 2.20. The summed E-state index contributed by atoms with van der Waals surface area (Å²) in [6.07, 6.45) is 0. The summed E-state index contributed by atoms with van der Waals surface area (Å²) in [5.41, 5.74) is 17.9. The maximum atomic E-state index is 11.0. The predicted octanol–water partition coefficient (Wildman–Crippen LogP) is 4.80. The minimum atomic E-state index is 0.000610. The molecule has 1 amide bonds. The molecule has 0 spiro atoms. The maximum absolute atomic E-state index is 11.0. The molecule has 0 bridgehead atoms. The first-order chi connectivity index (χ1) is 15.8. The Hall–Kier alpha value is -3.25. The number of benzene rings is 4. The van der Waals surface area contributed by atoms with Crippen LogP contribution in [-0.2, 0) is 4.79 Å². The molecule has 5 nitrogen and oxygen atoms in total. The zero-order valence-electron chi connectivity index (χ0n) is 19.8. The van der Waals surface area contributed by atoms with Crippen molar-refractivity contribution in [3.8, 4) is 0 Å². The standard InChI is InChI=1S/C14H15NO.C12H13N.C2H8N2/c1-10(15-11(2)16)13-8-7-12-5-3-4-6-14(12)9-13;1-9(13)11-7-6-10-4-2-3-5-12(10)8-11;3-1-2-4/h3-10H,1-2H3,(H,15,16);2-9H,13H2,1H3;1-4H2/t10-;9-;/m00./s1. The predicted molar refractivity (Wildman–Crippen MR) is 141 cm³/mol. The molecule has 0 saturated carbocycles. The van der Waals surface area contributed by atoms with Crippen molar-refractivity contribution in [3.63, 3.8) is 0 Å². The normalized spacial score (nSPS) is 12.1. The molecule has 4 aromatic carbocycles. The summed E-state index contributed by atoms with van der Waals surface area (Å²) in [6, 6.07) is 29.3. The van der Waals surface area contributed by atoms with Crippen LogP contribution in [0.4, 0.5) is 0 Å². The number of amides is 1. The van der Waals surface area contributed by atoms with E-state index in [-0.39, 0.29) is 18.0 Å². The molecule has 0 radical (unpaired) electrons. The lowest BCUT2D eigenvalue weighted by Gasteiger charge is -2.13. The molecule has 0 fully saturated rings. The van der Waals surface area contributed by atoms with Crippen molar-refractivity contribution in [1.29, 1.82) is 0 Å². The number of carbonyl (C=O) groups is 1. The highest BCUT2D eigenvalue weighted by Gasteiger charge is 2.06. The van der Waals surface area contributed by atoms with Crippen LogP contribution < -0.4 is 22.5 Å². The van der Waals surface area contributed by atoms with E-state index in [1.807, 2.05) is 38.1 Å². The molecule has 33 heavy (non-hydrogen) atoms. The number of carbonyl (C=O) groups excluding carboxylic acids is 1. The third-order valence-electron chi connectivity index (χ3n) is 5.16. The lowest BCUT2D eigenvalue weighted by atomic mass is 10.0. The number of nitrogens with two attached hydrogens (primary N) is 3. The summed E-state index contributed by atoms with van der Waals surface area (Å²) in [6.45, 7) is 6.73. The fourth-order valence-electron chi connectivity index (χ4n) is 3.36. The van der Waals surface area contributed by atoms with Gasteiger partial charge in [-0.05, 0) is 58.7 Å². The Morgan fingerprint density at radius 2 is 1.15 bits per heavy atom. The van der Waals surface area contributed by atoms with E-state index in [0.29, 0.717) is 13.1 Å². The zero-order chi connectivity index (χ0) is 24.2. The second-order valence-electron chi connectivity index (χ2n) is 8.00. The van der Waals surface area contributed by atoms with E-state index in [1.165, 1.54) is 34.0 Å². The Bertz CT molecular complexity index is 1150. The fourth-order valence-corrected chi connectivity index (χ4v) is 3.36. The molecule has 0 saturated heterocycles. The molecule has 0 aliphatic carbocycles. The zero-order valence-corrected chi connectivity index (χ0v) is 19.8. The van der Waals surface area contributed by atoms with Crippen LogP contribution in [0.25, 0.3) is 21.5 Å². The Morgan fingerprint density at radius 3 is 1.58 bits per heavy atom. The summed E-state index contributed by atoms with van der Waals surface area (Å²) in [5, 5.41) is 7.85. The number of rotatable bonds is 4. The van der Waals surface area contributed by atoms with Gasteiger partial charge in [0.2, 0.25) is 5.91 Å². The van der Waals surface area contributed by atoms with E-state index in [1.54, 1.807) is 0 Å². The molecule has 5 heteroatoms. The molecule has 0 aliphatic rings. The van der Waals surface area contributed by atoms with Gasteiger partial charge in [0.15, 0.2) is 0 Å². The Morgan fingerprint density at radius 1 is 0.727 bits per heavy atom. The highest BCUT2D eigenvalue weighted by molar-refractivity contribution is 5.84. The number of nitrogens with one attached hydrogen (secondary N) is 1. The van der Waals surface area contributed by atoms with Gasteiger partial charge < -0.3 is 22.5 Å². The second-order valence-corrected chi connectivity index (χ2v) is 8.00. The highest BCUT2D eigenvalue weighted by atomic mass is 16.1. The first-order valence-electron chi connectivity index (χ1n) is 11.3. The average molecular weight is 445 g/mol. The van der Waals surface area contributed by atoms with Gasteiger partial charge >= 0.3 is 0 Å². The molecule has 2 atom stereocenters. The molecule has 7 N–H and O–H groups in total. The van der Waals surface area contributed by atoms with Crippen molar-refractivity contribution in [2.45, 2.75) is 32.9 Å². The van der Waals surface area contributed by atoms with Gasteiger partial charge in [-0.3, -0.25) is 4.79 Å². The second kappa shape index (κ2) is 13.3. The van der Waals surface area contributed by atoms with E-state index < -0.39 is 0 Å². The summed E-state index contributed by atoms with van der Waals surface area (Å²) < 4.78 is 0. The lowest BCUT2D eigenvalue weighted by Crippen LogP contribution is -2.23. The number of fused-ring (bicyclic) bond motifs is 2. The Kier molecular flexibility index (Phi) is 10.5. The van der Waals surface area contributed by atoms with E-state index in [4.69, 9.17) is 17.2 Å². The average Bonchev–Trinajstić information content (AvgIpc) is 2.83. The van der Waals surface area contributed by atoms with Gasteiger partial charge in [0.1, 0.15) is 0 Å². The van der Waals surface area contributed by atoms with E-state index in [2.05, 4.69) is 66.0 Å². The Balaban J connectivity index is 0.000000204. The largest absolute Gasteiger partial charge is 0.350 e. The van der Waals surface area contributed by atoms with Gasteiger partial charge in [-0.15, -0.1) is 0 Å². The summed E-state index contributed by atoms with van der Waals surface area (Å²) in [7, 11) is 0. The molecule has 0 aromatic heterocycles. The van der Waals surface area contributed by atoms with Crippen LogP contribution in [-0.4, -0.2) is 19.0 Å². The topological polar surface area (TPSA) is 107 Å². The molecule has 4 rings (SSSR count). The molecule has 174 valence electrons. The van der Waals surface area contributed by atoms with Gasteiger partial charge in [-0.25, -0.2) is 0 Å². The van der Waals surface area contributed by atoms with Crippen LogP contribution in [0.1, 0.15) is 44.0 Å². The first kappa shape index (κ1) is 26.0. The number of hydrogen-bond acceptors (Lipinski definition) is 4. The number of hydrogen-bond donors (Lipinski definition) is 4. The lowest BCUT2D eigenvalue weighted by molar-refractivity contribution is -0.119. The molecule has 4 aromatic rings. The van der Waals surface area contributed by atoms with Crippen LogP contribution in [0.5, 0.6) is 0 Å². The van der Waals surface area contributed by atoms with E-state index >= 15 is 0 Å². The molecule has 0 heterocycles. The molecular formula is C28H36N4O. The summed E-state index contributed by atoms with van der Waals surface area (Å²) >= 11 is 0. The van der Waals surface area contributed by atoms with Crippen LogP contribution >= 0.6 is 0 Å². The van der Waals surface area contributed by atoms with Crippen molar-refractivity contribution in [1.82, 2.24) is 5.32 Å². The van der Waals surface area contributed by atoms with E-state index in [9.17, 15) is 4.79 Å². The van der Waals surface area contributed by atoms with Gasteiger partial charge in [-0.1, -0.05) is 72.8 Å². The minimum Gasteiger partial charge on any atom is -0.350 e. The smallest absolute Gasteiger partial charge is 0.217 e. The van der Waals surface area contributed by atoms with Crippen LogP contribution in [0.15, 0.2) is 84.9 Å². The molecule has 0 unspecified atom stereocenters. The minimum absolute atomic E-state index is 0.000610. The van der Waals surface area contributed by atoms with Crippen LogP contribution in [0.2, 0.25) is 0 Å². The first-order valence-corrected chi connectivity index (χ1v) is 11.3. The SMILES string of the molecule is CC(=O)N[C@@H](C)c1ccc2ccccc2c1.C[C@H](N)c1ccc2ccccc2c1.NCCN. The van der Waals surface area contributed by atoms with Crippen LogP contribution in [0.3, 0.4) is 0 Å².